The van der Waals surface area contributed by atoms with Crippen LogP contribution in [0.25, 0.3) is 16.7 Å². The second-order valence-electron chi connectivity index (χ2n) is 6.12. The minimum atomic E-state index is -0.188. The zero-order valence-corrected chi connectivity index (χ0v) is 15.5. The predicted octanol–water partition coefficient (Wildman–Crippen LogP) is 3.57. The zero-order valence-electron chi connectivity index (χ0n) is 15.5. The summed E-state index contributed by atoms with van der Waals surface area (Å²) in [6, 6.07) is 14.5. The molecule has 2 aromatic carbocycles. The van der Waals surface area contributed by atoms with Crippen molar-refractivity contribution in [2.75, 3.05) is 14.2 Å². The van der Waals surface area contributed by atoms with Gasteiger partial charge in [0.2, 0.25) is 0 Å². The van der Waals surface area contributed by atoms with Gasteiger partial charge in [0.1, 0.15) is 23.6 Å². The van der Waals surface area contributed by atoms with E-state index in [1.54, 1.807) is 45.0 Å². The van der Waals surface area contributed by atoms with Crippen molar-refractivity contribution in [3.05, 3.63) is 72.4 Å². The number of benzene rings is 2. The topological polar surface area (TPSA) is 78.5 Å². The molecule has 0 spiro atoms. The van der Waals surface area contributed by atoms with Crippen molar-refractivity contribution in [3.8, 4) is 17.2 Å². The minimum Gasteiger partial charge on any atom is -0.497 e. The highest BCUT2D eigenvalue weighted by Gasteiger charge is 2.13. The van der Waals surface area contributed by atoms with E-state index >= 15 is 0 Å². The number of rotatable bonds is 6. The van der Waals surface area contributed by atoms with Gasteiger partial charge in [0, 0.05) is 11.6 Å². The van der Waals surface area contributed by atoms with Crippen LogP contribution in [0.15, 0.2) is 65.5 Å². The Kier molecular flexibility index (Phi) is 4.72. The first-order chi connectivity index (χ1) is 13.7. The molecule has 7 heteroatoms. The average Bonchev–Trinajstić information content (AvgIpc) is 3.40. The lowest BCUT2D eigenvalue weighted by atomic mass is 10.1. The van der Waals surface area contributed by atoms with Crippen molar-refractivity contribution in [1.82, 2.24) is 14.9 Å². The van der Waals surface area contributed by atoms with Crippen LogP contribution in [-0.2, 0) is 6.54 Å². The molecule has 0 radical (unpaired) electrons. The molecule has 142 valence electrons. The first-order valence-corrected chi connectivity index (χ1v) is 8.69. The van der Waals surface area contributed by atoms with Crippen molar-refractivity contribution in [3.63, 3.8) is 0 Å². The Morgan fingerprint density at radius 1 is 1.14 bits per heavy atom. The van der Waals surface area contributed by atoms with E-state index in [2.05, 4.69) is 10.3 Å². The number of amides is 1. The zero-order chi connectivity index (χ0) is 19.5. The Morgan fingerprint density at radius 2 is 2.04 bits per heavy atom. The minimum absolute atomic E-state index is 0.188. The number of fused-ring (bicyclic) bond motifs is 1. The molecule has 0 aliphatic heterocycles. The van der Waals surface area contributed by atoms with Crippen LogP contribution in [-0.4, -0.2) is 29.7 Å². The van der Waals surface area contributed by atoms with Crippen LogP contribution in [0, 0.1) is 0 Å². The van der Waals surface area contributed by atoms with Crippen LogP contribution in [0.1, 0.15) is 16.1 Å². The van der Waals surface area contributed by atoms with E-state index in [9.17, 15) is 4.79 Å². The summed E-state index contributed by atoms with van der Waals surface area (Å²) in [4.78, 5) is 16.9. The van der Waals surface area contributed by atoms with Crippen molar-refractivity contribution in [2.45, 2.75) is 6.54 Å². The lowest BCUT2D eigenvalue weighted by molar-refractivity contribution is 0.0948. The van der Waals surface area contributed by atoms with Gasteiger partial charge < -0.3 is 19.2 Å². The second kappa shape index (κ2) is 7.48. The third-order valence-corrected chi connectivity index (χ3v) is 4.46. The number of carbonyl (C=O) groups excluding carboxylic acids is 1. The predicted molar refractivity (Wildman–Crippen MR) is 104 cm³/mol. The summed E-state index contributed by atoms with van der Waals surface area (Å²) >= 11 is 0. The molecule has 7 nitrogen and oxygen atoms in total. The lowest BCUT2D eigenvalue weighted by Crippen LogP contribution is -2.22. The van der Waals surface area contributed by atoms with Crippen molar-refractivity contribution < 1.29 is 18.7 Å². The quantitative estimate of drug-likeness (QED) is 0.556. The fraction of sp³-hybridized carbons (Fsp3) is 0.143. The van der Waals surface area contributed by atoms with Crippen LogP contribution >= 0.6 is 0 Å². The van der Waals surface area contributed by atoms with E-state index in [1.807, 2.05) is 34.9 Å². The Bertz CT molecular complexity index is 1120. The van der Waals surface area contributed by atoms with Crippen LogP contribution in [0.3, 0.4) is 0 Å². The van der Waals surface area contributed by atoms with E-state index in [1.165, 1.54) is 0 Å². The molecule has 4 rings (SSSR count). The third-order valence-electron chi connectivity index (χ3n) is 4.46. The van der Waals surface area contributed by atoms with Crippen molar-refractivity contribution in [2.24, 2.45) is 0 Å². The normalized spacial score (nSPS) is 10.8. The number of hydrogen-bond acceptors (Lipinski definition) is 5. The summed E-state index contributed by atoms with van der Waals surface area (Å²) in [5, 5.41) is 2.83. The fourth-order valence-electron chi connectivity index (χ4n) is 3.01. The summed E-state index contributed by atoms with van der Waals surface area (Å²) in [6.07, 6.45) is 3.28. The number of nitrogens with one attached hydrogen (secondary N) is 1. The number of hydrogen-bond donors (Lipinski definition) is 1. The fourth-order valence-corrected chi connectivity index (χ4v) is 3.01. The maximum Gasteiger partial charge on any atom is 0.251 e. The number of methoxy groups -OCH3 is 2. The highest BCUT2D eigenvalue weighted by Crippen LogP contribution is 2.30. The number of imidazole rings is 1. The van der Waals surface area contributed by atoms with Crippen LogP contribution < -0.4 is 14.8 Å². The molecule has 0 saturated carbocycles. The molecule has 0 aliphatic rings. The average molecular weight is 377 g/mol. The van der Waals surface area contributed by atoms with Gasteiger partial charge in [-0.25, -0.2) is 4.98 Å². The number of nitrogens with zero attached hydrogens (tertiary/aromatic N) is 2. The molecule has 0 saturated heterocycles. The Labute approximate surface area is 161 Å². The van der Waals surface area contributed by atoms with Gasteiger partial charge in [-0.2, -0.15) is 0 Å². The first-order valence-electron chi connectivity index (χ1n) is 8.69. The SMILES string of the molecule is COc1ccc(OC)c(-n2cnc3cc(C(=O)NCc4ccco4)ccc32)c1. The second-order valence-corrected chi connectivity index (χ2v) is 6.12. The highest BCUT2D eigenvalue weighted by atomic mass is 16.5. The van der Waals surface area contributed by atoms with E-state index < -0.39 is 0 Å². The molecule has 0 aliphatic carbocycles. The smallest absolute Gasteiger partial charge is 0.251 e. The van der Waals surface area contributed by atoms with E-state index in [0.717, 1.165) is 11.2 Å². The summed E-state index contributed by atoms with van der Waals surface area (Å²) in [5.41, 5.74) is 2.89. The third kappa shape index (κ3) is 3.29. The standard InChI is InChI=1S/C21H19N3O4/c1-26-15-6-8-20(27-2)19(11-15)24-13-23-17-10-14(5-7-18(17)24)21(25)22-12-16-4-3-9-28-16/h3-11,13H,12H2,1-2H3,(H,22,25). The van der Waals surface area contributed by atoms with Gasteiger partial charge in [-0.1, -0.05) is 0 Å². The molecule has 4 aromatic rings. The van der Waals surface area contributed by atoms with Gasteiger partial charge >= 0.3 is 0 Å². The maximum atomic E-state index is 12.4. The Hall–Kier alpha value is -3.74. The molecular weight excluding hydrogens is 358 g/mol. The van der Waals surface area contributed by atoms with Crippen LogP contribution in [0.2, 0.25) is 0 Å². The molecule has 2 heterocycles. The molecule has 0 unspecified atom stereocenters. The molecule has 2 aromatic heterocycles. The first kappa shape index (κ1) is 17.7. The number of furan rings is 1. The number of carbonyl (C=O) groups is 1. The van der Waals surface area contributed by atoms with Gasteiger partial charge in [0.25, 0.3) is 5.91 Å². The van der Waals surface area contributed by atoms with Crippen LogP contribution in [0.5, 0.6) is 11.5 Å². The molecule has 0 atom stereocenters. The van der Waals surface area contributed by atoms with Gasteiger partial charge in [0.15, 0.2) is 0 Å². The van der Waals surface area contributed by atoms with E-state index in [4.69, 9.17) is 13.9 Å². The maximum absolute atomic E-state index is 12.4. The van der Waals surface area contributed by atoms with E-state index in [-0.39, 0.29) is 5.91 Å². The monoisotopic (exact) mass is 377 g/mol. The van der Waals surface area contributed by atoms with Gasteiger partial charge in [0.05, 0.1) is 43.7 Å². The van der Waals surface area contributed by atoms with Gasteiger partial charge in [-0.15, -0.1) is 0 Å². The summed E-state index contributed by atoms with van der Waals surface area (Å²) in [7, 11) is 3.23. The van der Waals surface area contributed by atoms with Gasteiger partial charge in [-0.05, 0) is 42.5 Å². The Morgan fingerprint density at radius 3 is 2.79 bits per heavy atom. The van der Waals surface area contributed by atoms with Crippen molar-refractivity contribution in [1.29, 1.82) is 0 Å². The summed E-state index contributed by atoms with van der Waals surface area (Å²) in [6.45, 7) is 0.333. The molecular formula is C21H19N3O4. The molecule has 0 bridgehead atoms. The lowest BCUT2D eigenvalue weighted by Gasteiger charge is -2.12. The molecule has 1 N–H and O–H groups in total. The highest BCUT2D eigenvalue weighted by molar-refractivity contribution is 5.97. The molecule has 1 amide bonds. The summed E-state index contributed by atoms with van der Waals surface area (Å²) in [5.74, 6) is 1.92. The largest absolute Gasteiger partial charge is 0.497 e. The molecule has 28 heavy (non-hydrogen) atoms. The van der Waals surface area contributed by atoms with E-state index in [0.29, 0.717) is 34.9 Å². The van der Waals surface area contributed by atoms with Crippen LogP contribution in [0.4, 0.5) is 0 Å². The number of ether oxygens (including phenoxy) is 2. The van der Waals surface area contributed by atoms with Gasteiger partial charge in [-0.3, -0.25) is 9.36 Å². The Balaban J connectivity index is 1.64. The molecule has 0 fully saturated rings. The number of aromatic nitrogens is 2. The summed E-state index contributed by atoms with van der Waals surface area (Å²) < 4.78 is 17.9. The van der Waals surface area contributed by atoms with Crippen molar-refractivity contribution >= 4 is 16.9 Å².